The Kier molecular flexibility index (Phi) is 8.17. The number of anilines is 1. The normalized spacial score (nSPS) is 9.70. The van der Waals surface area contributed by atoms with Gasteiger partial charge in [-0.15, -0.1) is 0 Å². The molecule has 0 atom stereocenters. The predicted octanol–water partition coefficient (Wildman–Crippen LogP) is 3.30. The Morgan fingerprint density at radius 2 is 1.85 bits per heavy atom. The van der Waals surface area contributed by atoms with Gasteiger partial charge in [0.25, 0.3) is 0 Å². The van der Waals surface area contributed by atoms with E-state index in [1.807, 2.05) is 24.3 Å². The number of unbranched alkanes of at least 4 members (excludes halogenated alkanes) is 4. The highest BCUT2D eigenvalue weighted by atomic mass is 16.1. The number of nitrogens with one attached hydrogen (secondary N) is 1. The minimum Gasteiger partial charge on any atom is -0.326 e. The van der Waals surface area contributed by atoms with Crippen LogP contribution < -0.4 is 11.1 Å². The Morgan fingerprint density at radius 3 is 2.50 bits per heavy atom. The number of carbonyl (C=O) groups excluding carboxylic acids is 1. The van der Waals surface area contributed by atoms with Gasteiger partial charge < -0.3 is 11.1 Å². The largest absolute Gasteiger partial charge is 0.326 e. The molecular weight excluding hydrogens is 248 g/mol. The van der Waals surface area contributed by atoms with Crippen molar-refractivity contribution < 1.29 is 4.79 Å². The maximum absolute atomic E-state index is 11.7. The van der Waals surface area contributed by atoms with Crippen LogP contribution in [0.3, 0.4) is 0 Å². The van der Waals surface area contributed by atoms with Crippen LogP contribution in [0, 0.1) is 11.8 Å². The van der Waals surface area contributed by atoms with E-state index in [2.05, 4.69) is 24.1 Å². The zero-order chi connectivity index (χ0) is 14.6. The van der Waals surface area contributed by atoms with E-state index in [4.69, 9.17) is 5.73 Å². The van der Waals surface area contributed by atoms with Crippen LogP contribution in [0.1, 0.15) is 51.0 Å². The summed E-state index contributed by atoms with van der Waals surface area (Å²) in [5, 5.41) is 2.90. The molecule has 0 spiro atoms. The van der Waals surface area contributed by atoms with Gasteiger partial charge in [0.2, 0.25) is 5.91 Å². The SMILES string of the molecule is CCCCCCCC(=O)Nc1ccc(C#CCN)cc1. The Morgan fingerprint density at radius 1 is 1.15 bits per heavy atom. The van der Waals surface area contributed by atoms with Gasteiger partial charge in [-0.25, -0.2) is 0 Å². The number of amides is 1. The third kappa shape index (κ3) is 6.96. The smallest absolute Gasteiger partial charge is 0.224 e. The molecule has 3 heteroatoms. The van der Waals surface area contributed by atoms with Crippen LogP contribution in [-0.4, -0.2) is 12.5 Å². The first-order chi connectivity index (χ1) is 9.76. The molecule has 1 aromatic rings. The van der Waals surface area contributed by atoms with Crippen molar-refractivity contribution in [3.8, 4) is 11.8 Å². The molecule has 0 unspecified atom stereocenters. The summed E-state index contributed by atoms with van der Waals surface area (Å²) in [4.78, 5) is 11.7. The fourth-order valence-corrected chi connectivity index (χ4v) is 1.90. The Balaban J connectivity index is 2.31. The predicted molar refractivity (Wildman–Crippen MR) is 84.4 cm³/mol. The van der Waals surface area contributed by atoms with Gasteiger partial charge in [0.15, 0.2) is 0 Å². The highest BCUT2D eigenvalue weighted by molar-refractivity contribution is 5.90. The molecule has 3 N–H and O–H groups in total. The highest BCUT2D eigenvalue weighted by Crippen LogP contribution is 2.11. The summed E-state index contributed by atoms with van der Waals surface area (Å²) < 4.78 is 0. The number of benzene rings is 1. The van der Waals surface area contributed by atoms with Crippen molar-refractivity contribution in [2.24, 2.45) is 5.73 Å². The summed E-state index contributed by atoms with van der Waals surface area (Å²) >= 11 is 0. The van der Waals surface area contributed by atoms with Crippen molar-refractivity contribution in [1.82, 2.24) is 0 Å². The molecule has 0 aromatic heterocycles. The summed E-state index contributed by atoms with van der Waals surface area (Å²) in [6.45, 7) is 2.55. The fourth-order valence-electron chi connectivity index (χ4n) is 1.90. The summed E-state index contributed by atoms with van der Waals surface area (Å²) in [6, 6.07) is 7.52. The minimum atomic E-state index is 0.0855. The van der Waals surface area contributed by atoms with Crippen LogP contribution in [-0.2, 0) is 4.79 Å². The van der Waals surface area contributed by atoms with Gasteiger partial charge in [0.05, 0.1) is 6.54 Å². The van der Waals surface area contributed by atoms with E-state index in [9.17, 15) is 4.79 Å². The molecule has 0 aliphatic rings. The molecule has 1 amide bonds. The molecule has 3 nitrogen and oxygen atoms in total. The van der Waals surface area contributed by atoms with Gasteiger partial charge >= 0.3 is 0 Å². The Hall–Kier alpha value is -1.79. The van der Waals surface area contributed by atoms with Crippen molar-refractivity contribution in [2.45, 2.75) is 45.4 Å². The average molecular weight is 272 g/mol. The minimum absolute atomic E-state index is 0.0855. The van der Waals surface area contributed by atoms with Crippen molar-refractivity contribution in [3.63, 3.8) is 0 Å². The topological polar surface area (TPSA) is 55.1 Å². The first kappa shape index (κ1) is 16.3. The zero-order valence-electron chi connectivity index (χ0n) is 12.2. The van der Waals surface area contributed by atoms with E-state index in [1.54, 1.807) is 0 Å². The number of carbonyl (C=O) groups is 1. The molecule has 0 aliphatic carbocycles. The lowest BCUT2D eigenvalue weighted by Gasteiger charge is -2.05. The van der Waals surface area contributed by atoms with Crippen LogP contribution >= 0.6 is 0 Å². The molecule has 1 rings (SSSR count). The summed E-state index contributed by atoms with van der Waals surface area (Å²) in [6.07, 6.45) is 6.40. The van der Waals surface area contributed by atoms with Crippen LogP contribution in [0.2, 0.25) is 0 Å². The van der Waals surface area contributed by atoms with Gasteiger partial charge in [-0.05, 0) is 30.7 Å². The third-order valence-electron chi connectivity index (χ3n) is 3.01. The molecule has 108 valence electrons. The lowest BCUT2D eigenvalue weighted by Crippen LogP contribution is -2.10. The number of rotatable bonds is 7. The quantitative estimate of drug-likeness (QED) is 0.591. The van der Waals surface area contributed by atoms with E-state index >= 15 is 0 Å². The molecule has 1 aromatic carbocycles. The maximum atomic E-state index is 11.7. The summed E-state index contributed by atoms with van der Waals surface area (Å²) in [7, 11) is 0. The Bertz CT molecular complexity index is 454. The fraction of sp³-hybridized carbons (Fsp3) is 0.471. The van der Waals surface area contributed by atoms with Gasteiger partial charge in [-0.3, -0.25) is 4.79 Å². The van der Waals surface area contributed by atoms with Crippen molar-refractivity contribution in [1.29, 1.82) is 0 Å². The second-order valence-electron chi connectivity index (χ2n) is 4.80. The van der Waals surface area contributed by atoms with Gasteiger partial charge in [0.1, 0.15) is 0 Å². The van der Waals surface area contributed by atoms with Crippen molar-refractivity contribution in [2.75, 3.05) is 11.9 Å². The molecule has 0 saturated heterocycles. The zero-order valence-corrected chi connectivity index (χ0v) is 12.2. The van der Waals surface area contributed by atoms with Crippen LogP contribution in [0.25, 0.3) is 0 Å². The van der Waals surface area contributed by atoms with Crippen molar-refractivity contribution >= 4 is 11.6 Å². The average Bonchev–Trinajstić information content (AvgIpc) is 2.46. The summed E-state index contributed by atoms with van der Waals surface area (Å²) in [5.74, 6) is 5.84. The van der Waals surface area contributed by atoms with Gasteiger partial charge in [-0.1, -0.05) is 44.4 Å². The highest BCUT2D eigenvalue weighted by Gasteiger charge is 2.01. The third-order valence-corrected chi connectivity index (χ3v) is 3.01. The Labute approximate surface area is 121 Å². The first-order valence-electron chi connectivity index (χ1n) is 7.35. The van der Waals surface area contributed by atoms with Crippen LogP contribution in [0.15, 0.2) is 24.3 Å². The monoisotopic (exact) mass is 272 g/mol. The van der Waals surface area contributed by atoms with Crippen molar-refractivity contribution in [3.05, 3.63) is 29.8 Å². The molecule has 20 heavy (non-hydrogen) atoms. The molecule has 0 radical (unpaired) electrons. The van der Waals surface area contributed by atoms with Gasteiger partial charge in [-0.2, -0.15) is 0 Å². The van der Waals surface area contributed by atoms with Gasteiger partial charge in [0, 0.05) is 17.7 Å². The second-order valence-corrected chi connectivity index (χ2v) is 4.80. The lowest BCUT2D eigenvalue weighted by atomic mass is 10.1. The molecule has 0 bridgehead atoms. The van der Waals surface area contributed by atoms with E-state index < -0.39 is 0 Å². The molecular formula is C17H24N2O. The van der Waals surface area contributed by atoms with E-state index in [1.165, 1.54) is 19.3 Å². The maximum Gasteiger partial charge on any atom is 0.224 e. The molecule has 0 saturated carbocycles. The molecule has 0 heterocycles. The number of nitrogens with two attached hydrogens (primary N) is 1. The number of hydrogen-bond donors (Lipinski definition) is 2. The first-order valence-corrected chi connectivity index (χ1v) is 7.35. The van der Waals surface area contributed by atoms with Crippen LogP contribution in [0.4, 0.5) is 5.69 Å². The summed E-state index contributed by atoms with van der Waals surface area (Å²) in [5.41, 5.74) is 7.05. The molecule has 0 fully saturated rings. The standard InChI is InChI=1S/C17H24N2O/c1-2-3-4-5-6-9-17(20)19-16-12-10-15(11-13-16)8-7-14-18/h10-13H,2-6,9,14,18H2,1H3,(H,19,20). The van der Waals surface area contributed by atoms with Crippen LogP contribution in [0.5, 0.6) is 0 Å². The second kappa shape index (κ2) is 10.1. The lowest BCUT2D eigenvalue weighted by molar-refractivity contribution is -0.116. The van der Waals surface area contributed by atoms with E-state index in [0.717, 1.165) is 24.1 Å². The number of hydrogen-bond acceptors (Lipinski definition) is 2. The van der Waals surface area contributed by atoms with E-state index in [0.29, 0.717) is 13.0 Å². The van der Waals surface area contributed by atoms with E-state index in [-0.39, 0.29) is 5.91 Å². The molecule has 0 aliphatic heterocycles.